The lowest BCUT2D eigenvalue weighted by atomic mass is 9.61. The number of carbonyl (C=O) groups excluding carboxylic acids is 3. The summed E-state index contributed by atoms with van der Waals surface area (Å²) in [5.74, 6) is 0.471. The van der Waals surface area contributed by atoms with Gasteiger partial charge in [0.15, 0.2) is 17.0 Å². The molecular formula is C51H62N4O9S2. The van der Waals surface area contributed by atoms with Crippen molar-refractivity contribution in [1.82, 2.24) is 15.5 Å². The number of ether oxygens (including phenoxy) is 2. The van der Waals surface area contributed by atoms with Crippen molar-refractivity contribution in [3.63, 3.8) is 0 Å². The summed E-state index contributed by atoms with van der Waals surface area (Å²) in [6, 6.07) is 5.55. The van der Waals surface area contributed by atoms with Gasteiger partial charge >= 0.3 is 11.6 Å². The van der Waals surface area contributed by atoms with Crippen molar-refractivity contribution in [3.8, 4) is 5.75 Å². The van der Waals surface area contributed by atoms with E-state index in [1.165, 1.54) is 0 Å². The molecule has 4 aliphatic heterocycles. The van der Waals surface area contributed by atoms with Crippen molar-refractivity contribution >= 4 is 50.2 Å². The summed E-state index contributed by atoms with van der Waals surface area (Å²) in [7, 11) is 5.43. The van der Waals surface area contributed by atoms with E-state index in [4.69, 9.17) is 19.6 Å². The lowest BCUT2D eigenvalue weighted by Crippen LogP contribution is -2.75. The maximum atomic E-state index is 15.0. The Balaban J connectivity index is 1.11. The summed E-state index contributed by atoms with van der Waals surface area (Å²) in [5, 5.41) is 28.0. The number of aliphatic hydroxyl groups is 2. The molecule has 66 heavy (non-hydrogen) atoms. The number of dihydropyridines is 1. The van der Waals surface area contributed by atoms with Crippen LogP contribution < -0.4 is 26.7 Å². The van der Waals surface area contributed by atoms with Crippen LogP contribution in [0.4, 0.5) is 0 Å². The van der Waals surface area contributed by atoms with E-state index >= 15 is 0 Å². The Hall–Kier alpha value is -4.28. The average Bonchev–Trinajstić information content (AvgIpc) is 3.93. The fourth-order valence-electron chi connectivity index (χ4n) is 13.4. The van der Waals surface area contributed by atoms with Crippen LogP contribution in [0.1, 0.15) is 89.7 Å². The van der Waals surface area contributed by atoms with E-state index in [9.17, 15) is 29.4 Å². The van der Waals surface area contributed by atoms with E-state index in [0.717, 1.165) is 53.4 Å². The third-order valence-corrected chi connectivity index (χ3v) is 19.7. The standard InChI is InChI=1S/C51H62N4O9S2/c1-5-27(2)47(60)64-49(3)15-12-28-26-65-66-40-20-34-37(58)11-10-36-43(45(34)53-4)46(40)55(36)42(59)19-31-24-54-41(52)21-33(31)44(28)51(49)23-30-17-29-18-35(48(61)62-38(29)22-39(30)63-51)50(13-6-7-14-50)32(25-57)9-8-16-56/h5,10-12,17-18,21-22,32,34,36,40,43-46,53-54,56-57H,6-9,13-16,19-20,23-26,52H2,1-4H3. The molecule has 3 fully saturated rings. The van der Waals surface area contributed by atoms with E-state index in [0.29, 0.717) is 72.7 Å². The van der Waals surface area contributed by atoms with E-state index < -0.39 is 34.1 Å². The number of nitrogens with zero attached hydrogens (tertiary/aromatic N) is 1. The Morgan fingerprint density at radius 2 is 1.98 bits per heavy atom. The first kappa shape index (κ1) is 45.5. The number of aliphatic hydroxyl groups excluding tert-OH is 2. The number of ketones is 1. The van der Waals surface area contributed by atoms with Crippen LogP contribution in [0.5, 0.6) is 5.75 Å². The Kier molecular flexibility index (Phi) is 12.0. The van der Waals surface area contributed by atoms with Crippen LogP contribution in [-0.2, 0) is 31.0 Å². The number of esters is 1. The molecule has 13 nitrogen and oxygen atoms in total. The van der Waals surface area contributed by atoms with E-state index in [-0.39, 0.29) is 72.5 Å². The fourth-order valence-corrected chi connectivity index (χ4v) is 16.5. The summed E-state index contributed by atoms with van der Waals surface area (Å²) >= 11 is 0. The largest absolute Gasteiger partial charge is 0.481 e. The monoisotopic (exact) mass is 938 g/mol. The number of amides is 1. The molecule has 2 bridgehead atoms. The Bertz CT molecular complexity index is 2580. The van der Waals surface area contributed by atoms with Gasteiger partial charge < -0.3 is 45.4 Å². The number of benzene rings is 1. The highest BCUT2D eigenvalue weighted by Gasteiger charge is 2.65. The highest BCUT2D eigenvalue weighted by atomic mass is 33.1. The van der Waals surface area contributed by atoms with Crippen molar-refractivity contribution in [2.24, 2.45) is 29.4 Å². The second kappa shape index (κ2) is 17.4. The van der Waals surface area contributed by atoms with Crippen molar-refractivity contribution in [1.29, 1.82) is 0 Å². The second-order valence-electron chi connectivity index (χ2n) is 20.1. The zero-order valence-electron chi connectivity index (χ0n) is 38.2. The number of carbonyl (C=O) groups is 3. The molecule has 1 saturated heterocycles. The van der Waals surface area contributed by atoms with Crippen LogP contribution in [0.2, 0.25) is 0 Å². The predicted molar refractivity (Wildman–Crippen MR) is 255 cm³/mol. The number of hydrogen-bond acceptors (Lipinski definition) is 14. The smallest absolute Gasteiger partial charge is 0.340 e. The van der Waals surface area contributed by atoms with E-state index in [1.807, 2.05) is 50.1 Å². The third kappa shape index (κ3) is 7.07. The van der Waals surface area contributed by atoms with Gasteiger partial charge in [0, 0.05) is 89.5 Å². The summed E-state index contributed by atoms with van der Waals surface area (Å²) < 4.78 is 20.3. The molecule has 5 heterocycles. The van der Waals surface area contributed by atoms with Crippen LogP contribution in [0, 0.1) is 23.7 Å². The normalized spacial score (nSPS) is 33.8. The fraction of sp³-hybridized carbons (Fsp3) is 0.569. The Morgan fingerprint density at radius 1 is 1.18 bits per heavy atom. The van der Waals surface area contributed by atoms with Gasteiger partial charge in [-0.25, -0.2) is 9.59 Å². The van der Waals surface area contributed by atoms with Gasteiger partial charge in [0.05, 0.1) is 30.2 Å². The quantitative estimate of drug-likeness (QED) is 0.0679. The average molecular weight is 939 g/mol. The van der Waals surface area contributed by atoms with Gasteiger partial charge in [0.25, 0.3) is 0 Å². The minimum Gasteiger partial charge on any atom is -0.481 e. The molecule has 352 valence electrons. The summed E-state index contributed by atoms with van der Waals surface area (Å²) in [4.78, 5) is 58.7. The SMILES string of the molecule is CC=C(C)C(=O)OC1(C)CC=C2CSSC3CC4C(=O)C=CC5C(C4NC)C3N5C(=O)CC3=C(C=C(N)NC3)C2C12Cc1cc3cc(C4(C(CO)CCCO)CCCC4)c(=O)oc3cc1O2. The molecule has 15 heteroatoms. The lowest BCUT2D eigenvalue weighted by Gasteiger charge is -2.62. The van der Waals surface area contributed by atoms with Gasteiger partial charge in [0.2, 0.25) is 5.91 Å². The highest BCUT2D eigenvalue weighted by Crippen LogP contribution is 2.59. The van der Waals surface area contributed by atoms with Crippen LogP contribution in [-0.4, -0.2) is 99.9 Å². The van der Waals surface area contributed by atoms with E-state index in [2.05, 4.69) is 16.7 Å². The van der Waals surface area contributed by atoms with Gasteiger partial charge in [-0.1, -0.05) is 58.2 Å². The van der Waals surface area contributed by atoms with E-state index in [1.54, 1.807) is 46.7 Å². The van der Waals surface area contributed by atoms with Gasteiger partial charge in [-0.05, 0) is 107 Å². The first-order valence-electron chi connectivity index (χ1n) is 23.8. The predicted octanol–water partition coefficient (Wildman–Crippen LogP) is 5.67. The van der Waals surface area contributed by atoms with Gasteiger partial charge in [-0.3, -0.25) is 9.59 Å². The minimum absolute atomic E-state index is 0.00581. The maximum Gasteiger partial charge on any atom is 0.340 e. The number of nitrogens with one attached hydrogen (secondary N) is 2. The second-order valence-corrected chi connectivity index (χ2v) is 22.7. The molecule has 10 atom stereocenters. The number of hydrogen-bond donors (Lipinski definition) is 5. The molecule has 10 unspecified atom stereocenters. The maximum absolute atomic E-state index is 15.0. The van der Waals surface area contributed by atoms with Gasteiger partial charge in [-0.15, -0.1) is 0 Å². The molecule has 2 aromatic rings. The van der Waals surface area contributed by atoms with Crippen LogP contribution in [0.25, 0.3) is 11.0 Å². The molecule has 2 saturated carbocycles. The lowest BCUT2D eigenvalue weighted by molar-refractivity contribution is -0.186. The first-order valence-corrected chi connectivity index (χ1v) is 26.2. The Morgan fingerprint density at radius 3 is 2.73 bits per heavy atom. The van der Waals surface area contributed by atoms with Gasteiger partial charge in [-0.2, -0.15) is 0 Å². The molecule has 1 aromatic heterocycles. The van der Waals surface area contributed by atoms with Crippen LogP contribution >= 0.6 is 21.6 Å². The first-order chi connectivity index (χ1) is 31.8. The number of allylic oxidation sites excluding steroid dienone is 3. The highest BCUT2D eigenvalue weighted by molar-refractivity contribution is 8.77. The summed E-state index contributed by atoms with van der Waals surface area (Å²) in [6.07, 6.45) is 15.5. The minimum atomic E-state index is -1.24. The van der Waals surface area contributed by atoms with Gasteiger partial charge in [0.1, 0.15) is 11.3 Å². The number of rotatable bonds is 9. The zero-order valence-corrected chi connectivity index (χ0v) is 39.9. The molecule has 6 N–H and O–H groups in total. The molecule has 0 radical (unpaired) electrons. The Labute approximate surface area is 393 Å². The van der Waals surface area contributed by atoms with Crippen molar-refractivity contribution in [2.75, 3.05) is 32.6 Å². The topological polar surface area (TPSA) is 194 Å². The summed E-state index contributed by atoms with van der Waals surface area (Å²) in [5.41, 5.74) is 8.25. The molecular weight excluding hydrogens is 877 g/mol. The van der Waals surface area contributed by atoms with Crippen LogP contribution in [0.3, 0.4) is 0 Å². The zero-order chi connectivity index (χ0) is 46.3. The summed E-state index contributed by atoms with van der Waals surface area (Å²) in [6.45, 7) is 5.75. The molecule has 8 aliphatic rings. The van der Waals surface area contributed by atoms with Crippen molar-refractivity contribution in [2.45, 2.75) is 125 Å². The molecule has 4 aliphatic carbocycles. The molecule has 1 aromatic carbocycles. The molecule has 10 rings (SSSR count). The van der Waals surface area contributed by atoms with Crippen molar-refractivity contribution in [3.05, 3.63) is 98.2 Å². The number of fused-ring (bicyclic) bond motifs is 7. The third-order valence-electron chi connectivity index (χ3n) is 16.9. The van der Waals surface area contributed by atoms with Crippen LogP contribution in [0.15, 0.2) is 85.9 Å². The molecule has 1 spiro atoms. The van der Waals surface area contributed by atoms with Crippen molar-refractivity contribution < 1.29 is 38.5 Å². The number of nitrogens with two attached hydrogens (primary N) is 1. The molecule has 1 amide bonds.